The molecule has 3 unspecified atom stereocenters. The summed E-state index contributed by atoms with van der Waals surface area (Å²) >= 11 is 3.49. The van der Waals surface area contributed by atoms with Gasteiger partial charge in [-0.25, -0.2) is 0 Å². The maximum atomic E-state index is 6.01. The Bertz CT molecular complexity index is 346. The minimum absolute atomic E-state index is 0.547. The van der Waals surface area contributed by atoms with Gasteiger partial charge >= 0.3 is 0 Å². The smallest absolute Gasteiger partial charge is 0.0175 e. The lowest BCUT2D eigenvalue weighted by Crippen LogP contribution is -2.26. The third-order valence-electron chi connectivity index (χ3n) is 4.10. The largest absolute Gasteiger partial charge is 0.330 e. The molecule has 1 aliphatic rings. The summed E-state index contributed by atoms with van der Waals surface area (Å²) in [6.07, 6.45) is 5.47. The SMILES string of the molecule is CC1CCCC(C(CN)c2ccc(Br)cc2)C1. The van der Waals surface area contributed by atoms with Crippen molar-refractivity contribution < 1.29 is 0 Å². The molecule has 0 aromatic heterocycles. The zero-order chi connectivity index (χ0) is 12.3. The predicted octanol–water partition coefficient (Wildman–Crippen LogP) is 4.32. The first-order chi connectivity index (χ1) is 8.20. The van der Waals surface area contributed by atoms with E-state index in [-0.39, 0.29) is 0 Å². The highest BCUT2D eigenvalue weighted by Crippen LogP contribution is 2.38. The molecule has 0 radical (unpaired) electrons. The van der Waals surface area contributed by atoms with E-state index >= 15 is 0 Å². The fraction of sp³-hybridized carbons (Fsp3) is 0.600. The van der Waals surface area contributed by atoms with Crippen LogP contribution in [0.5, 0.6) is 0 Å². The average molecular weight is 296 g/mol. The maximum Gasteiger partial charge on any atom is 0.0175 e. The van der Waals surface area contributed by atoms with Crippen molar-refractivity contribution in [3.63, 3.8) is 0 Å². The van der Waals surface area contributed by atoms with Crippen LogP contribution in [0, 0.1) is 11.8 Å². The minimum Gasteiger partial charge on any atom is -0.330 e. The molecule has 1 aromatic rings. The van der Waals surface area contributed by atoms with Crippen molar-refractivity contribution in [2.24, 2.45) is 17.6 Å². The van der Waals surface area contributed by atoms with Crippen LogP contribution in [0.4, 0.5) is 0 Å². The van der Waals surface area contributed by atoms with E-state index in [4.69, 9.17) is 5.73 Å². The lowest BCUT2D eigenvalue weighted by Gasteiger charge is -2.33. The number of hydrogen-bond acceptors (Lipinski definition) is 1. The summed E-state index contributed by atoms with van der Waals surface area (Å²) < 4.78 is 1.15. The van der Waals surface area contributed by atoms with Gasteiger partial charge in [-0.05, 0) is 54.8 Å². The first-order valence-corrected chi connectivity index (χ1v) is 7.45. The molecule has 94 valence electrons. The van der Waals surface area contributed by atoms with E-state index in [1.165, 1.54) is 31.2 Å². The van der Waals surface area contributed by atoms with E-state index in [1.807, 2.05) is 0 Å². The Labute approximate surface area is 113 Å². The molecule has 0 heterocycles. The summed E-state index contributed by atoms with van der Waals surface area (Å²) in [6.45, 7) is 3.15. The second-order valence-corrected chi connectivity index (χ2v) is 6.34. The van der Waals surface area contributed by atoms with Crippen LogP contribution >= 0.6 is 15.9 Å². The van der Waals surface area contributed by atoms with Crippen LogP contribution in [-0.4, -0.2) is 6.54 Å². The van der Waals surface area contributed by atoms with Crippen LogP contribution in [0.15, 0.2) is 28.7 Å². The van der Waals surface area contributed by atoms with Gasteiger partial charge in [-0.2, -0.15) is 0 Å². The zero-order valence-electron chi connectivity index (χ0n) is 10.5. The molecule has 1 saturated carbocycles. The molecule has 0 spiro atoms. The van der Waals surface area contributed by atoms with Crippen molar-refractivity contribution >= 4 is 15.9 Å². The minimum atomic E-state index is 0.547. The lowest BCUT2D eigenvalue weighted by molar-refractivity contribution is 0.248. The fourth-order valence-corrected chi connectivity index (χ4v) is 3.42. The molecule has 2 heteroatoms. The lowest BCUT2D eigenvalue weighted by atomic mass is 9.73. The van der Waals surface area contributed by atoms with E-state index in [2.05, 4.69) is 47.1 Å². The Morgan fingerprint density at radius 1 is 1.29 bits per heavy atom. The molecule has 1 aliphatic carbocycles. The number of benzene rings is 1. The molecule has 1 nitrogen and oxygen atoms in total. The normalized spacial score (nSPS) is 26.8. The fourth-order valence-electron chi connectivity index (χ4n) is 3.16. The standard InChI is InChI=1S/C15H22BrN/c1-11-3-2-4-13(9-11)15(10-17)12-5-7-14(16)8-6-12/h5-8,11,13,15H,2-4,9-10,17H2,1H3. The summed E-state index contributed by atoms with van der Waals surface area (Å²) in [5.41, 5.74) is 7.42. The Hall–Kier alpha value is -0.340. The Balaban J connectivity index is 2.12. The van der Waals surface area contributed by atoms with Crippen molar-refractivity contribution in [3.05, 3.63) is 34.3 Å². The van der Waals surface area contributed by atoms with Gasteiger partial charge in [0, 0.05) is 4.47 Å². The van der Waals surface area contributed by atoms with Crippen LogP contribution in [0.1, 0.15) is 44.1 Å². The molecule has 17 heavy (non-hydrogen) atoms. The second kappa shape index (κ2) is 6.01. The molecule has 0 saturated heterocycles. The van der Waals surface area contributed by atoms with Crippen molar-refractivity contribution in [2.45, 2.75) is 38.5 Å². The van der Waals surface area contributed by atoms with Crippen molar-refractivity contribution in [1.82, 2.24) is 0 Å². The molecule has 0 amide bonds. The number of nitrogens with two attached hydrogens (primary N) is 1. The van der Waals surface area contributed by atoms with E-state index in [0.29, 0.717) is 5.92 Å². The van der Waals surface area contributed by atoms with Crippen molar-refractivity contribution in [3.8, 4) is 0 Å². The van der Waals surface area contributed by atoms with E-state index in [1.54, 1.807) is 0 Å². The topological polar surface area (TPSA) is 26.0 Å². The molecule has 1 fully saturated rings. The average Bonchev–Trinajstić information content (AvgIpc) is 2.33. The van der Waals surface area contributed by atoms with Gasteiger partial charge < -0.3 is 5.73 Å². The summed E-state index contributed by atoms with van der Waals surface area (Å²) in [4.78, 5) is 0. The third kappa shape index (κ3) is 3.32. The van der Waals surface area contributed by atoms with E-state index < -0.39 is 0 Å². The Morgan fingerprint density at radius 3 is 2.59 bits per heavy atom. The molecule has 2 N–H and O–H groups in total. The molecule has 0 bridgehead atoms. The molecular weight excluding hydrogens is 274 g/mol. The van der Waals surface area contributed by atoms with Gasteiger partial charge in [0.25, 0.3) is 0 Å². The van der Waals surface area contributed by atoms with Gasteiger partial charge in [0.15, 0.2) is 0 Å². The van der Waals surface area contributed by atoms with Crippen LogP contribution in [0.25, 0.3) is 0 Å². The van der Waals surface area contributed by atoms with Gasteiger partial charge in [0.1, 0.15) is 0 Å². The van der Waals surface area contributed by atoms with Gasteiger partial charge in [-0.15, -0.1) is 0 Å². The Kier molecular flexibility index (Phi) is 4.63. The molecular formula is C15H22BrN. The van der Waals surface area contributed by atoms with Crippen LogP contribution in [-0.2, 0) is 0 Å². The number of hydrogen-bond donors (Lipinski definition) is 1. The van der Waals surface area contributed by atoms with E-state index in [0.717, 1.165) is 22.9 Å². The molecule has 2 rings (SSSR count). The summed E-state index contributed by atoms with van der Waals surface area (Å²) in [5.74, 6) is 2.20. The van der Waals surface area contributed by atoms with Crippen LogP contribution in [0.2, 0.25) is 0 Å². The quantitative estimate of drug-likeness (QED) is 0.883. The van der Waals surface area contributed by atoms with Crippen LogP contribution in [0.3, 0.4) is 0 Å². The third-order valence-corrected chi connectivity index (χ3v) is 4.63. The summed E-state index contributed by atoms with van der Waals surface area (Å²) in [7, 11) is 0. The Morgan fingerprint density at radius 2 is 2.00 bits per heavy atom. The van der Waals surface area contributed by atoms with Crippen LogP contribution < -0.4 is 5.73 Å². The highest BCUT2D eigenvalue weighted by Gasteiger charge is 2.26. The first-order valence-electron chi connectivity index (χ1n) is 6.66. The zero-order valence-corrected chi connectivity index (χ0v) is 12.1. The molecule has 3 atom stereocenters. The second-order valence-electron chi connectivity index (χ2n) is 5.43. The molecule has 1 aromatic carbocycles. The maximum absolute atomic E-state index is 6.01. The predicted molar refractivity (Wildman–Crippen MR) is 77.1 cm³/mol. The van der Waals surface area contributed by atoms with E-state index in [9.17, 15) is 0 Å². The summed E-state index contributed by atoms with van der Waals surface area (Å²) in [5, 5.41) is 0. The molecule has 0 aliphatic heterocycles. The van der Waals surface area contributed by atoms with Gasteiger partial charge in [0.05, 0.1) is 0 Å². The highest BCUT2D eigenvalue weighted by atomic mass is 79.9. The van der Waals surface area contributed by atoms with Gasteiger partial charge in [-0.3, -0.25) is 0 Å². The van der Waals surface area contributed by atoms with Crippen molar-refractivity contribution in [2.75, 3.05) is 6.54 Å². The van der Waals surface area contributed by atoms with Gasteiger partial charge in [-0.1, -0.05) is 47.8 Å². The summed E-state index contributed by atoms with van der Waals surface area (Å²) in [6, 6.07) is 8.70. The monoisotopic (exact) mass is 295 g/mol. The van der Waals surface area contributed by atoms with Gasteiger partial charge in [0.2, 0.25) is 0 Å². The van der Waals surface area contributed by atoms with Crippen molar-refractivity contribution in [1.29, 1.82) is 0 Å². The number of rotatable bonds is 3. The highest BCUT2D eigenvalue weighted by molar-refractivity contribution is 9.10. The first kappa shape index (κ1) is 13.1. The number of halogens is 1.